The zero-order valence-corrected chi connectivity index (χ0v) is 19.1. The Morgan fingerprint density at radius 1 is 1.18 bits per heavy atom. The third kappa shape index (κ3) is 5.47. The molecule has 0 fully saturated rings. The van der Waals surface area contributed by atoms with E-state index in [2.05, 4.69) is 4.98 Å². The number of aryl methyl sites for hydroxylation is 2. The molecule has 0 unspecified atom stereocenters. The number of carbonyl (C=O) groups is 1. The Balaban J connectivity index is 1.56. The smallest absolute Gasteiger partial charge is 0.255 e. The van der Waals surface area contributed by atoms with Gasteiger partial charge < -0.3 is 14.4 Å². The van der Waals surface area contributed by atoms with E-state index in [1.165, 1.54) is 17.4 Å². The molecule has 0 aliphatic heterocycles. The van der Waals surface area contributed by atoms with Gasteiger partial charge >= 0.3 is 0 Å². The van der Waals surface area contributed by atoms with Crippen LogP contribution in [0.4, 0.5) is 0 Å². The molecule has 0 aliphatic carbocycles. The summed E-state index contributed by atoms with van der Waals surface area (Å²) < 4.78 is 9.31. The summed E-state index contributed by atoms with van der Waals surface area (Å²) in [6, 6.07) is 14.3. The van der Waals surface area contributed by atoms with Gasteiger partial charge in [-0.05, 0) is 43.7 Å². The maximum absolute atomic E-state index is 12.4. The van der Waals surface area contributed by atoms with Gasteiger partial charge in [-0.25, -0.2) is 4.98 Å². The number of aromatic nitrogens is 3. The second-order valence-electron chi connectivity index (χ2n) is 7.59. The first-order chi connectivity index (χ1) is 16.0. The quantitative estimate of drug-likeness (QED) is 0.284. The summed E-state index contributed by atoms with van der Waals surface area (Å²) in [5.74, 6) is 0.694. The van der Waals surface area contributed by atoms with Crippen LogP contribution < -0.4 is 10.3 Å². The molecule has 4 aromatic rings. The minimum atomic E-state index is -0.137. The molecule has 170 valence electrons. The average molecular weight is 464 g/mol. The van der Waals surface area contributed by atoms with Crippen molar-refractivity contribution in [3.05, 3.63) is 93.1 Å². The molecule has 4 rings (SSSR count). The molecule has 7 nitrogen and oxygen atoms in total. The summed E-state index contributed by atoms with van der Waals surface area (Å²) in [6.45, 7) is 2.36. The fourth-order valence-electron chi connectivity index (χ4n) is 3.44. The first kappa shape index (κ1) is 22.7. The molecule has 8 heteroatoms. The summed E-state index contributed by atoms with van der Waals surface area (Å²) in [5, 5.41) is 9.12. The Morgan fingerprint density at radius 2 is 2.06 bits per heavy atom. The molecular weight excluding hydrogens is 438 g/mol. The van der Waals surface area contributed by atoms with Crippen LogP contribution in [0.25, 0.3) is 11.4 Å². The van der Waals surface area contributed by atoms with Crippen molar-refractivity contribution in [3.8, 4) is 17.1 Å². The zero-order chi connectivity index (χ0) is 23.2. The molecule has 0 amide bonds. The first-order valence-corrected chi connectivity index (χ1v) is 11.6. The molecule has 1 aromatic carbocycles. The summed E-state index contributed by atoms with van der Waals surface area (Å²) in [7, 11) is 0. The Bertz CT molecular complexity index is 1300. The van der Waals surface area contributed by atoms with Crippen molar-refractivity contribution < 1.29 is 14.6 Å². The van der Waals surface area contributed by atoms with Crippen molar-refractivity contribution in [2.75, 3.05) is 13.2 Å². The van der Waals surface area contributed by atoms with Crippen LogP contribution in [0.5, 0.6) is 5.75 Å². The van der Waals surface area contributed by atoms with E-state index in [1.54, 1.807) is 35.3 Å². The molecule has 3 heterocycles. The van der Waals surface area contributed by atoms with Crippen molar-refractivity contribution in [1.82, 2.24) is 14.1 Å². The van der Waals surface area contributed by atoms with Crippen molar-refractivity contribution in [2.24, 2.45) is 0 Å². The fraction of sp³-hybridized carbons (Fsp3) is 0.240. The van der Waals surface area contributed by atoms with E-state index in [4.69, 9.17) is 9.84 Å². The highest BCUT2D eigenvalue weighted by Crippen LogP contribution is 2.27. The molecule has 0 saturated heterocycles. The lowest BCUT2D eigenvalue weighted by atomic mass is 10.1. The van der Waals surface area contributed by atoms with Gasteiger partial charge in [-0.1, -0.05) is 6.07 Å². The number of carbonyl (C=O) groups excluding carboxylic acids is 1. The topological polar surface area (TPSA) is 86.4 Å². The Kier molecular flexibility index (Phi) is 7.16. The van der Waals surface area contributed by atoms with Crippen molar-refractivity contribution in [1.29, 1.82) is 0 Å². The Labute approximate surface area is 195 Å². The lowest BCUT2D eigenvalue weighted by Gasteiger charge is -2.14. The molecule has 0 atom stereocenters. The predicted octanol–water partition coefficient (Wildman–Crippen LogP) is 3.97. The SMILES string of the molecule is Cc1ccc(C(=O)CCc2cn(-c3ccc(-n4ccccc4=O)cc3OCCCO)cn2)s1. The highest BCUT2D eigenvalue weighted by molar-refractivity contribution is 7.14. The van der Waals surface area contributed by atoms with E-state index in [0.717, 1.165) is 21.1 Å². The van der Waals surface area contributed by atoms with Crippen molar-refractivity contribution >= 4 is 17.1 Å². The fourth-order valence-corrected chi connectivity index (χ4v) is 4.28. The Hall–Kier alpha value is -3.49. The minimum Gasteiger partial charge on any atom is -0.491 e. The van der Waals surface area contributed by atoms with Gasteiger partial charge in [-0.2, -0.15) is 0 Å². The third-order valence-electron chi connectivity index (χ3n) is 5.14. The number of aliphatic hydroxyl groups excluding tert-OH is 1. The van der Waals surface area contributed by atoms with E-state index in [1.807, 2.05) is 42.0 Å². The molecule has 0 bridgehead atoms. The summed E-state index contributed by atoms with van der Waals surface area (Å²) in [5.41, 5.74) is 2.11. The van der Waals surface area contributed by atoms with E-state index in [0.29, 0.717) is 37.3 Å². The van der Waals surface area contributed by atoms with Crippen molar-refractivity contribution in [2.45, 2.75) is 26.2 Å². The van der Waals surface area contributed by atoms with Crippen LogP contribution in [0.2, 0.25) is 0 Å². The standard InChI is InChI=1S/C25H25N3O4S/c1-18-6-11-24(33-18)22(30)10-7-19-16-27(17-26-19)21-9-8-20(15-23(21)32-14-4-13-29)28-12-3-2-5-25(28)31/h2-3,5-6,8-9,11-12,15-17,29H,4,7,10,13-14H2,1H3. The highest BCUT2D eigenvalue weighted by atomic mass is 32.1. The first-order valence-electron chi connectivity index (χ1n) is 10.7. The number of nitrogens with zero attached hydrogens (tertiary/aromatic N) is 3. The number of rotatable bonds is 10. The number of benzene rings is 1. The van der Waals surface area contributed by atoms with Gasteiger partial charge in [0.2, 0.25) is 0 Å². The summed E-state index contributed by atoms with van der Waals surface area (Å²) in [6.07, 6.45) is 6.71. The Morgan fingerprint density at radius 3 is 2.82 bits per heavy atom. The number of aliphatic hydroxyl groups is 1. The largest absolute Gasteiger partial charge is 0.491 e. The van der Waals surface area contributed by atoms with Crippen molar-refractivity contribution in [3.63, 3.8) is 0 Å². The molecule has 0 spiro atoms. The van der Waals surface area contributed by atoms with E-state index in [9.17, 15) is 9.59 Å². The number of imidazole rings is 1. The van der Waals surface area contributed by atoms with Gasteiger partial charge in [0.05, 0.1) is 34.9 Å². The molecule has 33 heavy (non-hydrogen) atoms. The number of hydrogen-bond donors (Lipinski definition) is 1. The van der Waals surface area contributed by atoms with Gasteiger partial charge in [-0.3, -0.25) is 14.2 Å². The molecule has 0 aliphatic rings. The number of ketones is 1. The number of ether oxygens (including phenoxy) is 1. The normalized spacial score (nSPS) is 11.0. The number of hydrogen-bond acceptors (Lipinski definition) is 6. The molecule has 0 radical (unpaired) electrons. The number of Topliss-reactive ketones (excluding diaryl/α,β-unsaturated/α-hetero) is 1. The number of thiophene rings is 1. The van der Waals surface area contributed by atoms with Crippen LogP contribution in [-0.2, 0) is 6.42 Å². The molecular formula is C25H25N3O4S. The van der Waals surface area contributed by atoms with Gasteiger partial charge in [-0.15, -0.1) is 11.3 Å². The monoisotopic (exact) mass is 463 g/mol. The van der Waals surface area contributed by atoms with Crippen LogP contribution in [0.15, 0.2) is 72.0 Å². The summed E-state index contributed by atoms with van der Waals surface area (Å²) >= 11 is 1.51. The van der Waals surface area contributed by atoms with Gasteiger partial charge in [0, 0.05) is 48.9 Å². The van der Waals surface area contributed by atoms with E-state index in [-0.39, 0.29) is 17.9 Å². The second-order valence-corrected chi connectivity index (χ2v) is 8.88. The minimum absolute atomic E-state index is 0.0280. The maximum Gasteiger partial charge on any atom is 0.255 e. The van der Waals surface area contributed by atoms with Crippen LogP contribution in [0, 0.1) is 6.92 Å². The lowest BCUT2D eigenvalue weighted by Crippen LogP contribution is -2.16. The summed E-state index contributed by atoms with van der Waals surface area (Å²) in [4.78, 5) is 31.0. The molecule has 0 saturated carbocycles. The lowest BCUT2D eigenvalue weighted by molar-refractivity contribution is 0.0986. The number of pyridine rings is 1. The second kappa shape index (κ2) is 10.4. The van der Waals surface area contributed by atoms with Gasteiger partial charge in [0.15, 0.2) is 5.78 Å². The molecule has 3 aromatic heterocycles. The van der Waals surface area contributed by atoms with Gasteiger partial charge in [0.1, 0.15) is 5.75 Å². The molecule has 1 N–H and O–H groups in total. The van der Waals surface area contributed by atoms with E-state index < -0.39 is 0 Å². The van der Waals surface area contributed by atoms with Crippen LogP contribution in [-0.4, -0.2) is 38.2 Å². The van der Waals surface area contributed by atoms with Gasteiger partial charge in [0.25, 0.3) is 5.56 Å². The zero-order valence-electron chi connectivity index (χ0n) is 18.3. The maximum atomic E-state index is 12.4. The highest BCUT2D eigenvalue weighted by Gasteiger charge is 2.13. The van der Waals surface area contributed by atoms with Crippen LogP contribution >= 0.6 is 11.3 Å². The predicted molar refractivity (Wildman–Crippen MR) is 128 cm³/mol. The van der Waals surface area contributed by atoms with Crippen LogP contribution in [0.3, 0.4) is 0 Å². The third-order valence-corrected chi connectivity index (χ3v) is 6.18. The van der Waals surface area contributed by atoms with E-state index >= 15 is 0 Å². The van der Waals surface area contributed by atoms with Crippen LogP contribution in [0.1, 0.15) is 33.1 Å². The average Bonchev–Trinajstić information content (AvgIpc) is 3.47.